The molecule has 1 atom stereocenters. The van der Waals surface area contributed by atoms with E-state index in [0.29, 0.717) is 24.2 Å². The van der Waals surface area contributed by atoms with Gasteiger partial charge in [0.25, 0.3) is 5.91 Å². The van der Waals surface area contributed by atoms with Crippen molar-refractivity contribution >= 4 is 15.9 Å². The molecular formula is C26H28N2O3S. The molecule has 0 bridgehead atoms. The zero-order valence-corrected chi connectivity index (χ0v) is 19.0. The molecule has 5 nitrogen and oxygen atoms in total. The summed E-state index contributed by atoms with van der Waals surface area (Å²) in [4.78, 5) is 13.0. The standard InChI is InChI=1S/C26H28N2O3S/c1-20-9-13-23(14-10-20)25(22-7-3-2-4-8-22)27-26(29)24-15-11-21(12-16-24)19-32(30,31)28-17-5-6-18-28/h2-4,7-16,25H,5-6,17-19H2,1H3,(H,27,29). The summed E-state index contributed by atoms with van der Waals surface area (Å²) < 4.78 is 26.7. The summed E-state index contributed by atoms with van der Waals surface area (Å²) in [6.07, 6.45) is 1.84. The van der Waals surface area contributed by atoms with Crippen LogP contribution >= 0.6 is 0 Å². The van der Waals surface area contributed by atoms with Gasteiger partial charge in [0.05, 0.1) is 11.8 Å². The summed E-state index contributed by atoms with van der Waals surface area (Å²) in [6.45, 7) is 3.23. The fourth-order valence-electron chi connectivity index (χ4n) is 4.00. The number of carbonyl (C=O) groups is 1. The molecule has 1 aliphatic heterocycles. The van der Waals surface area contributed by atoms with Crippen LogP contribution in [0.25, 0.3) is 0 Å². The third-order valence-electron chi connectivity index (χ3n) is 5.84. The third-order valence-corrected chi connectivity index (χ3v) is 7.69. The van der Waals surface area contributed by atoms with Crippen molar-refractivity contribution in [2.24, 2.45) is 0 Å². The lowest BCUT2D eigenvalue weighted by Crippen LogP contribution is -2.30. The fourth-order valence-corrected chi connectivity index (χ4v) is 5.61. The van der Waals surface area contributed by atoms with Crippen LogP contribution in [0.1, 0.15) is 51.5 Å². The minimum absolute atomic E-state index is 0.0368. The van der Waals surface area contributed by atoms with E-state index in [1.165, 1.54) is 0 Å². The van der Waals surface area contributed by atoms with Crippen LogP contribution in [0.15, 0.2) is 78.9 Å². The van der Waals surface area contributed by atoms with Crippen LogP contribution in [0.4, 0.5) is 0 Å². The summed E-state index contributed by atoms with van der Waals surface area (Å²) in [5, 5.41) is 3.13. The van der Waals surface area contributed by atoms with Crippen molar-refractivity contribution in [2.75, 3.05) is 13.1 Å². The molecule has 0 saturated carbocycles. The quantitative estimate of drug-likeness (QED) is 0.581. The van der Waals surface area contributed by atoms with Gasteiger partial charge in [-0.05, 0) is 48.6 Å². The molecule has 166 valence electrons. The molecule has 6 heteroatoms. The van der Waals surface area contributed by atoms with E-state index in [0.717, 1.165) is 29.5 Å². The molecule has 0 radical (unpaired) electrons. The maximum Gasteiger partial charge on any atom is 0.252 e. The van der Waals surface area contributed by atoms with Crippen molar-refractivity contribution in [3.05, 3.63) is 107 Å². The molecular weight excluding hydrogens is 420 g/mol. The molecule has 1 saturated heterocycles. The van der Waals surface area contributed by atoms with Crippen molar-refractivity contribution in [2.45, 2.75) is 31.6 Å². The normalized spacial score (nSPS) is 15.4. The Morgan fingerprint density at radius 1 is 0.875 bits per heavy atom. The molecule has 1 aliphatic rings. The van der Waals surface area contributed by atoms with E-state index >= 15 is 0 Å². The molecule has 3 aromatic rings. The average Bonchev–Trinajstić information content (AvgIpc) is 3.35. The lowest BCUT2D eigenvalue weighted by atomic mass is 9.97. The van der Waals surface area contributed by atoms with Crippen molar-refractivity contribution in [1.82, 2.24) is 9.62 Å². The van der Waals surface area contributed by atoms with Crippen LogP contribution in [-0.4, -0.2) is 31.7 Å². The largest absolute Gasteiger partial charge is 0.341 e. The summed E-state index contributed by atoms with van der Waals surface area (Å²) in [6, 6.07) is 24.6. The monoisotopic (exact) mass is 448 g/mol. The van der Waals surface area contributed by atoms with Gasteiger partial charge in [-0.25, -0.2) is 12.7 Å². The molecule has 3 aromatic carbocycles. The Bertz CT molecular complexity index is 1150. The van der Waals surface area contributed by atoms with Gasteiger partial charge in [0.2, 0.25) is 10.0 Å². The number of amides is 1. The highest BCUT2D eigenvalue weighted by Crippen LogP contribution is 2.23. The minimum Gasteiger partial charge on any atom is -0.341 e. The topological polar surface area (TPSA) is 66.5 Å². The minimum atomic E-state index is -3.31. The summed E-state index contributed by atoms with van der Waals surface area (Å²) in [7, 11) is -3.31. The van der Waals surface area contributed by atoms with E-state index < -0.39 is 10.0 Å². The molecule has 1 amide bonds. The Hall–Kier alpha value is -2.96. The molecule has 0 aromatic heterocycles. The predicted octanol–water partition coefficient (Wildman–Crippen LogP) is 4.44. The van der Waals surface area contributed by atoms with Crippen LogP contribution in [0.5, 0.6) is 0 Å². The number of hydrogen-bond acceptors (Lipinski definition) is 3. The van der Waals surface area contributed by atoms with Crippen LogP contribution in [0.2, 0.25) is 0 Å². The van der Waals surface area contributed by atoms with Gasteiger partial charge >= 0.3 is 0 Å². The first-order chi connectivity index (χ1) is 15.4. The first-order valence-electron chi connectivity index (χ1n) is 10.9. The summed E-state index contributed by atoms with van der Waals surface area (Å²) in [5.74, 6) is -0.237. The van der Waals surface area contributed by atoms with E-state index in [4.69, 9.17) is 0 Å². The maximum absolute atomic E-state index is 13.0. The first-order valence-corrected chi connectivity index (χ1v) is 12.5. The van der Waals surface area contributed by atoms with Crippen molar-refractivity contribution < 1.29 is 13.2 Å². The van der Waals surface area contributed by atoms with Crippen molar-refractivity contribution in [3.8, 4) is 0 Å². The Labute approximate surface area is 190 Å². The number of nitrogens with zero attached hydrogens (tertiary/aromatic N) is 1. The van der Waals surface area contributed by atoms with E-state index in [1.807, 2.05) is 61.5 Å². The number of hydrogen-bond donors (Lipinski definition) is 1. The third kappa shape index (κ3) is 5.26. The molecule has 32 heavy (non-hydrogen) atoms. The second-order valence-electron chi connectivity index (χ2n) is 8.29. The number of carbonyl (C=O) groups excluding carboxylic acids is 1. The zero-order valence-electron chi connectivity index (χ0n) is 18.2. The van der Waals surface area contributed by atoms with Gasteiger partial charge < -0.3 is 5.32 Å². The van der Waals surface area contributed by atoms with Crippen LogP contribution < -0.4 is 5.32 Å². The predicted molar refractivity (Wildman–Crippen MR) is 127 cm³/mol. The van der Waals surface area contributed by atoms with E-state index in [2.05, 4.69) is 5.32 Å². The Morgan fingerprint density at radius 3 is 2.09 bits per heavy atom. The average molecular weight is 449 g/mol. The lowest BCUT2D eigenvalue weighted by Gasteiger charge is -2.20. The van der Waals surface area contributed by atoms with E-state index in [1.54, 1.807) is 28.6 Å². The highest BCUT2D eigenvalue weighted by Gasteiger charge is 2.25. The second-order valence-corrected chi connectivity index (χ2v) is 10.3. The Balaban J connectivity index is 1.50. The van der Waals surface area contributed by atoms with Crippen molar-refractivity contribution in [1.29, 1.82) is 0 Å². The maximum atomic E-state index is 13.0. The molecule has 0 spiro atoms. The zero-order chi connectivity index (χ0) is 22.6. The van der Waals surface area contributed by atoms with Gasteiger partial charge in [-0.2, -0.15) is 0 Å². The number of rotatable bonds is 7. The van der Waals surface area contributed by atoms with Crippen molar-refractivity contribution in [3.63, 3.8) is 0 Å². The lowest BCUT2D eigenvalue weighted by molar-refractivity contribution is 0.0943. The number of benzene rings is 3. The molecule has 1 heterocycles. The first kappa shape index (κ1) is 22.2. The van der Waals surface area contributed by atoms with E-state index in [-0.39, 0.29) is 17.7 Å². The summed E-state index contributed by atoms with van der Waals surface area (Å²) in [5.41, 5.74) is 4.35. The Morgan fingerprint density at radius 2 is 1.47 bits per heavy atom. The summed E-state index contributed by atoms with van der Waals surface area (Å²) >= 11 is 0. The van der Waals surface area contributed by atoms with Gasteiger partial charge in [-0.15, -0.1) is 0 Å². The van der Waals surface area contributed by atoms with Crippen LogP contribution in [0.3, 0.4) is 0 Å². The number of nitrogens with one attached hydrogen (secondary N) is 1. The van der Waals surface area contributed by atoms with Gasteiger partial charge in [0, 0.05) is 18.7 Å². The van der Waals surface area contributed by atoms with Gasteiger partial charge in [0.1, 0.15) is 0 Å². The van der Waals surface area contributed by atoms with Gasteiger partial charge in [0.15, 0.2) is 0 Å². The van der Waals surface area contributed by atoms with Crippen LogP contribution in [0, 0.1) is 6.92 Å². The number of sulfonamides is 1. The molecule has 4 rings (SSSR count). The molecule has 1 fully saturated rings. The second kappa shape index (κ2) is 9.67. The van der Waals surface area contributed by atoms with Gasteiger partial charge in [-0.3, -0.25) is 4.79 Å². The highest BCUT2D eigenvalue weighted by atomic mass is 32.2. The SMILES string of the molecule is Cc1ccc(C(NC(=O)c2ccc(CS(=O)(=O)N3CCCC3)cc2)c2ccccc2)cc1. The van der Waals surface area contributed by atoms with E-state index in [9.17, 15) is 13.2 Å². The molecule has 1 N–H and O–H groups in total. The number of aryl methyl sites for hydroxylation is 1. The molecule has 0 aliphatic carbocycles. The smallest absolute Gasteiger partial charge is 0.252 e. The molecule has 1 unspecified atom stereocenters. The Kier molecular flexibility index (Phi) is 6.72. The highest BCUT2D eigenvalue weighted by molar-refractivity contribution is 7.88. The van der Waals surface area contributed by atoms with Crippen LogP contribution in [-0.2, 0) is 15.8 Å². The van der Waals surface area contributed by atoms with Gasteiger partial charge in [-0.1, -0.05) is 72.3 Å². The fraction of sp³-hybridized carbons (Fsp3) is 0.269.